The standard InChI is InChI=1S/C32H29ClN4O3/c33-29-7-3-4-8-30(29)35-31(38)22-40-28-15-11-23(12-16-28)19-34-36-32(39)26-13-9-24(10-14-26)20-37-18-17-25-5-1-2-6-27(25)21-37/h1-16,19H,17-18,20-22H2,(H,35,38)(H,36,39)/b34-19-. The van der Waals surface area contributed by atoms with Gasteiger partial charge in [0.2, 0.25) is 0 Å². The van der Waals surface area contributed by atoms with E-state index in [9.17, 15) is 9.59 Å². The van der Waals surface area contributed by atoms with Gasteiger partial charge in [-0.2, -0.15) is 5.10 Å². The number of carbonyl (C=O) groups excluding carboxylic acids is 2. The monoisotopic (exact) mass is 552 g/mol. The lowest BCUT2D eigenvalue weighted by Crippen LogP contribution is -2.30. The lowest BCUT2D eigenvalue weighted by Gasteiger charge is -2.28. The van der Waals surface area contributed by atoms with Crippen molar-refractivity contribution in [2.24, 2.45) is 5.10 Å². The maximum Gasteiger partial charge on any atom is 0.271 e. The van der Waals surface area contributed by atoms with Crippen molar-refractivity contribution in [2.75, 3.05) is 18.5 Å². The summed E-state index contributed by atoms with van der Waals surface area (Å²) in [5, 5.41) is 7.23. The number of rotatable bonds is 9. The Hall–Kier alpha value is -4.46. The van der Waals surface area contributed by atoms with Crippen molar-refractivity contribution in [3.05, 3.63) is 130 Å². The van der Waals surface area contributed by atoms with E-state index in [4.69, 9.17) is 16.3 Å². The molecule has 40 heavy (non-hydrogen) atoms. The van der Waals surface area contributed by atoms with E-state index < -0.39 is 0 Å². The van der Waals surface area contributed by atoms with E-state index in [2.05, 4.69) is 45.0 Å². The lowest BCUT2D eigenvalue weighted by atomic mass is 9.99. The summed E-state index contributed by atoms with van der Waals surface area (Å²) >= 11 is 6.06. The summed E-state index contributed by atoms with van der Waals surface area (Å²) in [6.07, 6.45) is 2.61. The molecule has 2 amide bonds. The zero-order valence-corrected chi connectivity index (χ0v) is 22.6. The van der Waals surface area contributed by atoms with Gasteiger partial charge in [-0.3, -0.25) is 14.5 Å². The Labute approximate surface area is 238 Å². The summed E-state index contributed by atoms with van der Waals surface area (Å²) in [6.45, 7) is 2.67. The van der Waals surface area contributed by atoms with Gasteiger partial charge in [0.1, 0.15) is 5.75 Å². The van der Waals surface area contributed by atoms with Crippen LogP contribution >= 0.6 is 11.6 Å². The van der Waals surface area contributed by atoms with Gasteiger partial charge in [-0.1, -0.05) is 60.1 Å². The minimum atomic E-state index is -0.313. The lowest BCUT2D eigenvalue weighted by molar-refractivity contribution is -0.118. The van der Waals surface area contributed by atoms with Crippen molar-refractivity contribution in [2.45, 2.75) is 19.5 Å². The first-order chi connectivity index (χ1) is 19.5. The van der Waals surface area contributed by atoms with Crippen LogP contribution in [0.15, 0.2) is 102 Å². The molecule has 5 rings (SSSR count). The van der Waals surface area contributed by atoms with E-state index in [-0.39, 0.29) is 18.4 Å². The zero-order valence-electron chi connectivity index (χ0n) is 21.8. The van der Waals surface area contributed by atoms with E-state index >= 15 is 0 Å². The van der Waals surface area contributed by atoms with Crippen molar-refractivity contribution in [3.63, 3.8) is 0 Å². The molecule has 0 bridgehead atoms. The first kappa shape index (κ1) is 27.1. The fourth-order valence-corrected chi connectivity index (χ4v) is 4.67. The average molecular weight is 553 g/mol. The Balaban J connectivity index is 1.06. The van der Waals surface area contributed by atoms with Gasteiger partial charge in [-0.25, -0.2) is 5.43 Å². The van der Waals surface area contributed by atoms with E-state index in [1.165, 1.54) is 16.7 Å². The Morgan fingerprint density at radius 1 is 0.900 bits per heavy atom. The van der Waals surface area contributed by atoms with Crippen LogP contribution in [0.3, 0.4) is 0 Å². The van der Waals surface area contributed by atoms with Gasteiger partial charge < -0.3 is 10.1 Å². The van der Waals surface area contributed by atoms with Crippen LogP contribution in [0, 0.1) is 0 Å². The predicted octanol–water partition coefficient (Wildman–Crippen LogP) is 5.68. The molecule has 0 radical (unpaired) electrons. The second kappa shape index (κ2) is 13.1. The van der Waals surface area contributed by atoms with Crippen molar-refractivity contribution in [1.82, 2.24) is 10.3 Å². The summed E-state index contributed by atoms with van der Waals surface area (Å²) in [4.78, 5) is 27.1. The second-order valence-electron chi connectivity index (χ2n) is 9.51. The third kappa shape index (κ3) is 7.34. The first-order valence-electron chi connectivity index (χ1n) is 13.0. The molecule has 8 heteroatoms. The largest absolute Gasteiger partial charge is 0.484 e. The molecule has 2 N–H and O–H groups in total. The maximum atomic E-state index is 12.5. The molecule has 0 spiro atoms. The average Bonchev–Trinajstić information content (AvgIpc) is 2.98. The number of carbonyl (C=O) groups is 2. The molecule has 0 aliphatic carbocycles. The van der Waals surface area contributed by atoms with Crippen molar-refractivity contribution >= 4 is 35.3 Å². The number of nitrogens with zero attached hydrogens (tertiary/aromatic N) is 2. The van der Waals surface area contributed by atoms with Crippen LogP contribution < -0.4 is 15.5 Å². The molecule has 1 aliphatic heterocycles. The molecule has 1 heterocycles. The smallest absolute Gasteiger partial charge is 0.271 e. The number of hydrogen-bond acceptors (Lipinski definition) is 5. The number of benzene rings is 4. The fraction of sp³-hybridized carbons (Fsp3) is 0.156. The molecule has 1 aliphatic rings. The third-order valence-electron chi connectivity index (χ3n) is 6.61. The SMILES string of the molecule is O=C(COc1ccc(/C=N\NC(=O)c2ccc(CN3CCc4ccccc4C3)cc2)cc1)Nc1ccccc1Cl. The highest BCUT2D eigenvalue weighted by molar-refractivity contribution is 6.33. The van der Waals surface area contributed by atoms with E-state index in [0.717, 1.165) is 31.6 Å². The number of anilines is 1. The number of para-hydroxylation sites is 1. The number of hydrazone groups is 1. The topological polar surface area (TPSA) is 83.0 Å². The van der Waals surface area contributed by atoms with Crippen LogP contribution in [-0.2, 0) is 24.3 Å². The van der Waals surface area contributed by atoms with Gasteiger partial charge in [0.15, 0.2) is 6.61 Å². The van der Waals surface area contributed by atoms with Crippen LogP contribution in [0.5, 0.6) is 5.75 Å². The number of ether oxygens (including phenoxy) is 1. The van der Waals surface area contributed by atoms with Crippen LogP contribution in [0.4, 0.5) is 5.69 Å². The molecule has 0 saturated heterocycles. The van der Waals surface area contributed by atoms with E-state index in [1.807, 2.05) is 24.3 Å². The third-order valence-corrected chi connectivity index (χ3v) is 6.94. The van der Waals surface area contributed by atoms with E-state index in [0.29, 0.717) is 22.0 Å². The number of nitrogens with one attached hydrogen (secondary N) is 2. The Morgan fingerprint density at radius 3 is 2.40 bits per heavy atom. The predicted molar refractivity (Wildman–Crippen MR) is 158 cm³/mol. The summed E-state index contributed by atoms with van der Waals surface area (Å²) in [7, 11) is 0. The quantitative estimate of drug-likeness (QED) is 0.207. The molecule has 7 nitrogen and oxygen atoms in total. The van der Waals surface area contributed by atoms with Gasteiger partial charge in [-0.15, -0.1) is 0 Å². The molecular formula is C32H29ClN4O3. The van der Waals surface area contributed by atoms with E-state index in [1.54, 1.807) is 54.7 Å². The second-order valence-corrected chi connectivity index (χ2v) is 9.92. The molecule has 0 aromatic heterocycles. The summed E-state index contributed by atoms with van der Waals surface area (Å²) in [6, 6.07) is 30.3. The highest BCUT2D eigenvalue weighted by atomic mass is 35.5. The highest BCUT2D eigenvalue weighted by Gasteiger charge is 2.16. The van der Waals surface area contributed by atoms with Gasteiger partial charge >= 0.3 is 0 Å². The summed E-state index contributed by atoms with van der Waals surface area (Å²) < 4.78 is 5.54. The summed E-state index contributed by atoms with van der Waals surface area (Å²) in [5.74, 6) is -0.0599. The highest BCUT2D eigenvalue weighted by Crippen LogP contribution is 2.21. The molecule has 0 fully saturated rings. The number of halogens is 1. The Morgan fingerprint density at radius 2 is 1.62 bits per heavy atom. The molecule has 0 unspecified atom stereocenters. The van der Waals surface area contributed by atoms with Crippen molar-refractivity contribution in [1.29, 1.82) is 0 Å². The van der Waals surface area contributed by atoms with Crippen molar-refractivity contribution < 1.29 is 14.3 Å². The molecule has 4 aromatic carbocycles. The van der Waals surface area contributed by atoms with Gasteiger partial charge in [0.05, 0.1) is 16.9 Å². The van der Waals surface area contributed by atoms with Crippen molar-refractivity contribution in [3.8, 4) is 5.75 Å². The zero-order chi connectivity index (χ0) is 27.7. The minimum absolute atomic E-state index is 0.153. The van der Waals surface area contributed by atoms with Crippen LogP contribution in [0.1, 0.15) is 32.6 Å². The number of fused-ring (bicyclic) bond motifs is 1. The van der Waals surface area contributed by atoms with Gasteiger partial charge in [0.25, 0.3) is 11.8 Å². The summed E-state index contributed by atoms with van der Waals surface area (Å²) in [5.41, 5.74) is 8.41. The van der Waals surface area contributed by atoms with Gasteiger partial charge in [-0.05, 0) is 77.2 Å². The molecule has 0 atom stereocenters. The molecule has 202 valence electrons. The normalized spacial score (nSPS) is 13.0. The maximum absolute atomic E-state index is 12.5. The number of amides is 2. The first-order valence-corrected chi connectivity index (χ1v) is 13.4. The Bertz CT molecular complexity index is 1500. The molecule has 0 saturated carbocycles. The minimum Gasteiger partial charge on any atom is -0.484 e. The molecular weight excluding hydrogens is 524 g/mol. The van der Waals surface area contributed by atoms with Crippen LogP contribution in [0.2, 0.25) is 5.02 Å². The van der Waals surface area contributed by atoms with Gasteiger partial charge in [0, 0.05) is 25.2 Å². The fourth-order valence-electron chi connectivity index (χ4n) is 4.49. The van der Waals surface area contributed by atoms with Crippen LogP contribution in [0.25, 0.3) is 0 Å². The molecule has 4 aromatic rings. The van der Waals surface area contributed by atoms with Crippen LogP contribution in [-0.4, -0.2) is 36.1 Å². The number of hydrogen-bond donors (Lipinski definition) is 2. The Kier molecular flexibility index (Phi) is 8.86.